The first-order valence-corrected chi connectivity index (χ1v) is 17.4. The topological polar surface area (TPSA) is 45.7 Å². The van der Waals surface area contributed by atoms with E-state index < -0.39 is 0 Å². The van der Waals surface area contributed by atoms with E-state index in [-0.39, 0.29) is 12.3 Å². The minimum atomic E-state index is -0.121. The van der Waals surface area contributed by atoms with E-state index in [2.05, 4.69) is 180 Å². The maximum atomic E-state index is 6.42. The van der Waals surface area contributed by atoms with Crippen LogP contribution in [0.3, 0.4) is 0 Å². The number of furan rings is 1. The number of benzene rings is 7. The van der Waals surface area contributed by atoms with E-state index in [1.807, 2.05) is 12.1 Å². The first-order chi connectivity index (χ1) is 25.2. The number of hydrogen-bond acceptors (Lipinski definition) is 4. The number of amidine groups is 1. The Kier molecular flexibility index (Phi) is 6.86. The Labute approximate surface area is 295 Å². The van der Waals surface area contributed by atoms with Crippen molar-refractivity contribution in [3.63, 3.8) is 0 Å². The summed E-state index contributed by atoms with van der Waals surface area (Å²) in [7, 11) is 2.14. The third kappa shape index (κ3) is 4.85. The van der Waals surface area contributed by atoms with E-state index in [0.717, 1.165) is 61.2 Å². The van der Waals surface area contributed by atoms with Crippen LogP contribution in [-0.2, 0) is 0 Å². The molecule has 0 bridgehead atoms. The van der Waals surface area contributed by atoms with Gasteiger partial charge in [-0.15, -0.1) is 0 Å². The van der Waals surface area contributed by atoms with Crippen LogP contribution in [-0.4, -0.2) is 22.4 Å². The zero-order valence-corrected chi connectivity index (χ0v) is 28.1. The Hall–Kier alpha value is -6.43. The molecule has 2 atom stereocenters. The van der Waals surface area contributed by atoms with E-state index in [4.69, 9.17) is 9.41 Å². The van der Waals surface area contributed by atoms with Gasteiger partial charge in [0.05, 0.1) is 11.0 Å². The van der Waals surface area contributed by atoms with E-state index in [0.29, 0.717) is 0 Å². The summed E-state index contributed by atoms with van der Waals surface area (Å²) < 4.78 is 8.78. The molecule has 0 saturated carbocycles. The van der Waals surface area contributed by atoms with Crippen LogP contribution >= 0.6 is 0 Å². The number of fused-ring (bicyclic) bond motifs is 6. The molecule has 5 nitrogen and oxygen atoms in total. The molecule has 0 aliphatic carbocycles. The lowest BCUT2D eigenvalue weighted by Crippen LogP contribution is -2.45. The fraction of sp³-hybridized carbons (Fsp3) is 0.0652. The van der Waals surface area contributed by atoms with Crippen LogP contribution in [0, 0.1) is 0 Å². The van der Waals surface area contributed by atoms with Crippen molar-refractivity contribution in [1.29, 1.82) is 0 Å². The van der Waals surface area contributed by atoms with E-state index in [9.17, 15) is 0 Å². The minimum Gasteiger partial charge on any atom is -0.455 e. The fourth-order valence-electron chi connectivity index (χ4n) is 7.83. The first-order valence-electron chi connectivity index (χ1n) is 17.4. The predicted molar refractivity (Wildman–Crippen MR) is 209 cm³/mol. The predicted octanol–water partition coefficient (Wildman–Crippen LogP) is 11.0. The van der Waals surface area contributed by atoms with Crippen molar-refractivity contribution in [2.75, 3.05) is 7.05 Å². The summed E-state index contributed by atoms with van der Waals surface area (Å²) in [6.07, 6.45) is -0.148. The molecule has 9 aromatic rings. The van der Waals surface area contributed by atoms with Gasteiger partial charge in [0.2, 0.25) is 0 Å². The Balaban J connectivity index is 1.06. The van der Waals surface area contributed by atoms with Gasteiger partial charge in [-0.1, -0.05) is 121 Å². The largest absolute Gasteiger partial charge is 0.455 e. The number of rotatable bonds is 5. The lowest BCUT2D eigenvalue weighted by atomic mass is 10.0. The Bertz CT molecular complexity index is 2740. The van der Waals surface area contributed by atoms with Crippen LogP contribution < -0.4 is 5.32 Å². The molecular formula is C46H34N4O. The summed E-state index contributed by atoms with van der Waals surface area (Å²) in [5, 5.41) is 8.46. The molecule has 0 radical (unpaired) electrons. The zero-order chi connectivity index (χ0) is 33.9. The van der Waals surface area contributed by atoms with Crippen molar-refractivity contribution < 1.29 is 4.42 Å². The Morgan fingerprint density at radius 2 is 1.20 bits per heavy atom. The summed E-state index contributed by atoms with van der Waals surface area (Å²) in [6, 6.07) is 60.1. The van der Waals surface area contributed by atoms with Gasteiger partial charge in [0, 0.05) is 38.4 Å². The van der Waals surface area contributed by atoms with Crippen molar-refractivity contribution >= 4 is 49.6 Å². The summed E-state index contributed by atoms with van der Waals surface area (Å²) >= 11 is 0. The number of aliphatic imine (C=N–C) groups is 1. The molecule has 1 aliphatic rings. The molecule has 2 unspecified atom stereocenters. The van der Waals surface area contributed by atoms with Gasteiger partial charge in [-0.05, 0) is 72.3 Å². The molecule has 51 heavy (non-hydrogen) atoms. The van der Waals surface area contributed by atoms with Gasteiger partial charge in [0.25, 0.3) is 0 Å². The van der Waals surface area contributed by atoms with Gasteiger partial charge < -0.3 is 14.3 Å². The van der Waals surface area contributed by atoms with Crippen molar-refractivity contribution in [3.05, 3.63) is 187 Å². The number of nitrogens with zero attached hydrogens (tertiary/aromatic N) is 3. The molecule has 7 aromatic carbocycles. The smallest absolute Gasteiger partial charge is 0.143 e. The van der Waals surface area contributed by atoms with Crippen molar-refractivity contribution in [1.82, 2.24) is 14.8 Å². The first kappa shape index (κ1) is 29.5. The molecule has 1 aliphatic heterocycles. The number of para-hydroxylation sites is 3. The summed E-state index contributed by atoms with van der Waals surface area (Å²) in [5.74, 6) is 0.883. The maximum Gasteiger partial charge on any atom is 0.143 e. The van der Waals surface area contributed by atoms with Crippen LogP contribution in [0.5, 0.6) is 0 Å². The third-order valence-electron chi connectivity index (χ3n) is 10.3. The summed E-state index contributed by atoms with van der Waals surface area (Å²) in [4.78, 5) is 7.56. The number of hydrogen-bond donors (Lipinski definition) is 1. The Morgan fingerprint density at radius 1 is 0.549 bits per heavy atom. The van der Waals surface area contributed by atoms with E-state index >= 15 is 0 Å². The van der Waals surface area contributed by atoms with E-state index in [1.54, 1.807) is 0 Å². The van der Waals surface area contributed by atoms with Crippen LogP contribution in [0.25, 0.3) is 60.6 Å². The number of nitrogens with one attached hydrogen (secondary N) is 1. The lowest BCUT2D eigenvalue weighted by molar-refractivity contribution is 0.152. The average molecular weight is 659 g/mol. The second kappa shape index (κ2) is 11.9. The molecule has 0 spiro atoms. The van der Waals surface area contributed by atoms with Gasteiger partial charge in [-0.2, -0.15) is 0 Å². The molecule has 3 heterocycles. The molecule has 0 amide bonds. The molecule has 1 N–H and O–H groups in total. The second-order valence-electron chi connectivity index (χ2n) is 13.3. The van der Waals surface area contributed by atoms with Gasteiger partial charge >= 0.3 is 0 Å². The fourth-order valence-corrected chi connectivity index (χ4v) is 7.83. The lowest BCUT2D eigenvalue weighted by Gasteiger charge is -2.39. The highest BCUT2D eigenvalue weighted by Gasteiger charge is 2.31. The Morgan fingerprint density at radius 3 is 2.00 bits per heavy atom. The number of aromatic nitrogens is 1. The highest BCUT2D eigenvalue weighted by atomic mass is 16.3. The van der Waals surface area contributed by atoms with Gasteiger partial charge in [0.1, 0.15) is 29.3 Å². The van der Waals surface area contributed by atoms with E-state index in [1.165, 1.54) is 21.9 Å². The highest BCUT2D eigenvalue weighted by molar-refractivity contribution is 6.13. The second-order valence-corrected chi connectivity index (χ2v) is 13.3. The third-order valence-corrected chi connectivity index (χ3v) is 10.3. The van der Waals surface area contributed by atoms with Crippen molar-refractivity contribution in [2.45, 2.75) is 12.3 Å². The van der Waals surface area contributed by atoms with Crippen LogP contribution in [0.15, 0.2) is 179 Å². The monoisotopic (exact) mass is 658 g/mol. The molecule has 0 saturated heterocycles. The van der Waals surface area contributed by atoms with Crippen LogP contribution in [0.4, 0.5) is 0 Å². The molecule has 5 heteroatoms. The highest BCUT2D eigenvalue weighted by Crippen LogP contribution is 2.39. The molecule has 2 aromatic heterocycles. The van der Waals surface area contributed by atoms with Gasteiger partial charge in [0.15, 0.2) is 0 Å². The quantitative estimate of drug-likeness (QED) is 0.200. The zero-order valence-electron chi connectivity index (χ0n) is 28.1. The summed E-state index contributed by atoms with van der Waals surface area (Å²) in [5.41, 5.74) is 10.9. The standard InChI is InChI=1S/C46H34N4O/c1-49-45(31-13-4-2-5-14-31)47-44(48-46(49)32-15-6-3-7-16-32)30-23-26-34(27-24-30)50-40-21-10-8-17-36(40)39-29-33(25-28-41(39)50)35-19-12-20-38-37-18-9-11-22-42(37)51-43(35)38/h2-29,45-46H,1H3,(H,47,48). The minimum absolute atomic E-state index is 0.0273. The maximum absolute atomic E-state index is 6.42. The van der Waals surface area contributed by atoms with Crippen LogP contribution in [0.1, 0.15) is 29.0 Å². The molecule has 0 fully saturated rings. The van der Waals surface area contributed by atoms with Gasteiger partial charge in [-0.25, -0.2) is 4.99 Å². The average Bonchev–Trinajstić information content (AvgIpc) is 3.74. The van der Waals surface area contributed by atoms with Crippen LogP contribution in [0.2, 0.25) is 0 Å². The SMILES string of the molecule is CN1C(c2ccccc2)N=C(c2ccc(-n3c4ccccc4c4cc(-c5cccc6c5oc5ccccc56)ccc43)cc2)NC1c1ccccc1. The van der Waals surface area contributed by atoms with Gasteiger partial charge in [-0.3, -0.25) is 4.90 Å². The summed E-state index contributed by atoms with van der Waals surface area (Å²) in [6.45, 7) is 0. The van der Waals surface area contributed by atoms with Crippen molar-refractivity contribution in [3.8, 4) is 16.8 Å². The van der Waals surface area contributed by atoms with Crippen molar-refractivity contribution in [2.24, 2.45) is 4.99 Å². The molecule has 10 rings (SSSR count). The molecular weight excluding hydrogens is 625 g/mol. The normalized spacial score (nSPS) is 16.5. The molecule has 244 valence electrons.